The third-order valence-electron chi connectivity index (χ3n) is 6.14. The fraction of sp³-hybridized carbons (Fsp3) is 0.625. The van der Waals surface area contributed by atoms with E-state index in [0.29, 0.717) is 5.92 Å². The second kappa shape index (κ2) is 8.95. The number of hydrogen-bond acceptors (Lipinski definition) is 5. The van der Waals surface area contributed by atoms with Gasteiger partial charge in [-0.25, -0.2) is 15.0 Å². The minimum atomic E-state index is 0.465. The van der Waals surface area contributed by atoms with Crippen LogP contribution in [0, 0.1) is 0 Å². The molecule has 0 aromatic carbocycles. The normalized spacial score (nSPS) is 14.1. The van der Waals surface area contributed by atoms with Gasteiger partial charge in [0.15, 0.2) is 0 Å². The molecule has 5 heteroatoms. The van der Waals surface area contributed by atoms with Crippen LogP contribution in [0.15, 0.2) is 6.33 Å². The van der Waals surface area contributed by atoms with Crippen LogP contribution in [0.2, 0.25) is 0 Å². The van der Waals surface area contributed by atoms with Gasteiger partial charge in [-0.2, -0.15) is 0 Å². The molecule has 0 fully saturated rings. The topological polar surface area (TPSA) is 41.9 Å². The SMILES string of the molecule is CCCCN(CCCC)c1ncnc2c1sc1nc(C(C)C)c3c(c12)CCCC3. The van der Waals surface area contributed by atoms with Crippen LogP contribution in [-0.2, 0) is 12.8 Å². The molecule has 4 nitrogen and oxygen atoms in total. The van der Waals surface area contributed by atoms with Gasteiger partial charge in [-0.3, -0.25) is 0 Å². The molecular weight excluding hydrogens is 376 g/mol. The van der Waals surface area contributed by atoms with E-state index >= 15 is 0 Å². The Kier molecular flexibility index (Phi) is 6.33. The maximum Gasteiger partial charge on any atom is 0.150 e. The Labute approximate surface area is 178 Å². The molecule has 0 bridgehead atoms. The van der Waals surface area contributed by atoms with Gasteiger partial charge in [0.1, 0.15) is 17.0 Å². The fourth-order valence-corrected chi connectivity index (χ4v) is 5.79. The molecule has 4 rings (SSSR count). The molecule has 0 radical (unpaired) electrons. The molecule has 0 unspecified atom stereocenters. The third kappa shape index (κ3) is 3.86. The number of aromatic nitrogens is 3. The molecule has 3 aromatic heterocycles. The number of hydrogen-bond donors (Lipinski definition) is 0. The van der Waals surface area contributed by atoms with Crippen molar-refractivity contribution in [3.8, 4) is 0 Å². The Bertz CT molecular complexity index is 984. The Balaban J connectivity index is 1.91. The van der Waals surface area contributed by atoms with Crippen LogP contribution >= 0.6 is 11.3 Å². The van der Waals surface area contributed by atoms with E-state index in [4.69, 9.17) is 15.0 Å². The first-order valence-corrected chi connectivity index (χ1v) is 12.3. The van der Waals surface area contributed by atoms with Crippen molar-refractivity contribution in [3.05, 3.63) is 23.1 Å². The van der Waals surface area contributed by atoms with Gasteiger partial charge in [-0.05, 0) is 55.6 Å². The summed E-state index contributed by atoms with van der Waals surface area (Å²) in [5, 5.41) is 1.32. The molecule has 29 heavy (non-hydrogen) atoms. The lowest BCUT2D eigenvalue weighted by Crippen LogP contribution is -2.26. The van der Waals surface area contributed by atoms with Gasteiger partial charge >= 0.3 is 0 Å². The molecule has 1 aliphatic rings. The Morgan fingerprint density at radius 2 is 1.69 bits per heavy atom. The zero-order valence-corrected chi connectivity index (χ0v) is 19.2. The average molecular weight is 411 g/mol. The number of unbranched alkanes of at least 4 members (excludes halogenated alkanes) is 2. The molecule has 0 saturated heterocycles. The highest BCUT2D eigenvalue weighted by Gasteiger charge is 2.25. The van der Waals surface area contributed by atoms with E-state index in [0.717, 1.165) is 35.7 Å². The van der Waals surface area contributed by atoms with Crippen LogP contribution in [0.25, 0.3) is 20.4 Å². The van der Waals surface area contributed by atoms with Crippen LogP contribution in [0.3, 0.4) is 0 Å². The molecule has 0 saturated carbocycles. The van der Waals surface area contributed by atoms with Gasteiger partial charge < -0.3 is 4.90 Å². The molecule has 3 aromatic rings. The minimum Gasteiger partial charge on any atom is -0.355 e. The van der Waals surface area contributed by atoms with Gasteiger partial charge in [-0.15, -0.1) is 11.3 Å². The summed E-state index contributed by atoms with van der Waals surface area (Å²) >= 11 is 1.81. The summed E-state index contributed by atoms with van der Waals surface area (Å²) in [6.07, 6.45) is 11.5. The largest absolute Gasteiger partial charge is 0.355 e. The van der Waals surface area contributed by atoms with Gasteiger partial charge in [0.05, 0.1) is 10.2 Å². The van der Waals surface area contributed by atoms with Gasteiger partial charge in [0.2, 0.25) is 0 Å². The summed E-state index contributed by atoms with van der Waals surface area (Å²) in [6, 6.07) is 0. The molecule has 3 heterocycles. The summed E-state index contributed by atoms with van der Waals surface area (Å²) in [4.78, 5) is 18.4. The van der Waals surface area contributed by atoms with E-state index < -0.39 is 0 Å². The van der Waals surface area contributed by atoms with Crippen molar-refractivity contribution >= 4 is 37.6 Å². The minimum absolute atomic E-state index is 0.465. The molecule has 1 aliphatic carbocycles. The predicted octanol–water partition coefficient (Wildman–Crippen LogP) is 6.65. The van der Waals surface area contributed by atoms with Crippen molar-refractivity contribution in [1.82, 2.24) is 15.0 Å². The Morgan fingerprint density at radius 1 is 1.00 bits per heavy atom. The van der Waals surface area contributed by atoms with E-state index in [2.05, 4.69) is 32.6 Å². The number of anilines is 1. The molecule has 0 amide bonds. The Morgan fingerprint density at radius 3 is 2.34 bits per heavy atom. The van der Waals surface area contributed by atoms with Crippen LogP contribution in [0.5, 0.6) is 0 Å². The number of thiophene rings is 1. The van der Waals surface area contributed by atoms with Crippen LogP contribution < -0.4 is 4.90 Å². The first-order valence-electron chi connectivity index (χ1n) is 11.5. The quantitative estimate of drug-likeness (QED) is 0.417. The van der Waals surface area contributed by atoms with E-state index in [1.165, 1.54) is 71.9 Å². The fourth-order valence-electron chi connectivity index (χ4n) is 4.60. The van der Waals surface area contributed by atoms with Crippen molar-refractivity contribution in [2.45, 2.75) is 85.0 Å². The second-order valence-corrected chi connectivity index (χ2v) is 9.67. The van der Waals surface area contributed by atoms with E-state index in [1.807, 2.05) is 11.3 Å². The number of rotatable bonds is 8. The summed E-state index contributed by atoms with van der Waals surface area (Å²) < 4.78 is 1.23. The number of nitrogens with zero attached hydrogens (tertiary/aromatic N) is 4. The molecule has 0 aliphatic heterocycles. The van der Waals surface area contributed by atoms with Gasteiger partial charge in [0.25, 0.3) is 0 Å². The number of fused-ring (bicyclic) bond motifs is 5. The maximum absolute atomic E-state index is 5.18. The van der Waals surface area contributed by atoms with E-state index in [-0.39, 0.29) is 0 Å². The zero-order chi connectivity index (χ0) is 20.4. The van der Waals surface area contributed by atoms with Crippen molar-refractivity contribution in [2.24, 2.45) is 0 Å². The van der Waals surface area contributed by atoms with Crippen molar-refractivity contribution < 1.29 is 0 Å². The van der Waals surface area contributed by atoms with Gasteiger partial charge in [-0.1, -0.05) is 40.5 Å². The summed E-state index contributed by atoms with van der Waals surface area (Å²) in [5.74, 6) is 1.59. The van der Waals surface area contributed by atoms with Crippen molar-refractivity contribution in [1.29, 1.82) is 0 Å². The Hall–Kier alpha value is -1.75. The lowest BCUT2D eigenvalue weighted by Gasteiger charge is -2.23. The molecule has 0 N–H and O–H groups in total. The predicted molar refractivity (Wildman–Crippen MR) is 125 cm³/mol. The first kappa shape index (κ1) is 20.5. The first-order chi connectivity index (χ1) is 14.2. The molecular formula is C24H34N4S. The number of aryl methyl sites for hydroxylation is 1. The van der Waals surface area contributed by atoms with Gasteiger partial charge in [0, 0.05) is 24.2 Å². The van der Waals surface area contributed by atoms with Crippen LogP contribution in [-0.4, -0.2) is 28.0 Å². The van der Waals surface area contributed by atoms with Crippen molar-refractivity contribution in [3.63, 3.8) is 0 Å². The molecule has 0 atom stereocenters. The monoisotopic (exact) mass is 410 g/mol. The van der Waals surface area contributed by atoms with Crippen LogP contribution in [0.4, 0.5) is 5.82 Å². The third-order valence-corrected chi connectivity index (χ3v) is 7.21. The van der Waals surface area contributed by atoms with Crippen LogP contribution in [0.1, 0.15) is 89.0 Å². The van der Waals surface area contributed by atoms with E-state index in [9.17, 15) is 0 Å². The summed E-state index contributed by atoms with van der Waals surface area (Å²) in [6.45, 7) is 11.2. The standard InChI is InChI=1S/C24H34N4S/c1-5-7-13-28(14-8-6-2)23-22-21(25-15-26-23)19-17-11-9-10-12-18(17)20(16(3)4)27-24(19)29-22/h15-16H,5-14H2,1-4H3. The summed E-state index contributed by atoms with van der Waals surface area (Å²) in [7, 11) is 0. The second-order valence-electron chi connectivity index (χ2n) is 8.67. The highest BCUT2D eigenvalue weighted by atomic mass is 32.1. The van der Waals surface area contributed by atoms with Crippen molar-refractivity contribution in [2.75, 3.05) is 18.0 Å². The zero-order valence-electron chi connectivity index (χ0n) is 18.4. The highest BCUT2D eigenvalue weighted by molar-refractivity contribution is 7.26. The summed E-state index contributed by atoms with van der Waals surface area (Å²) in [5.41, 5.74) is 5.47. The molecule has 156 valence electrons. The lowest BCUT2D eigenvalue weighted by atomic mass is 9.86. The smallest absolute Gasteiger partial charge is 0.150 e. The highest BCUT2D eigenvalue weighted by Crippen LogP contribution is 2.42. The maximum atomic E-state index is 5.18. The van der Waals surface area contributed by atoms with E-state index in [1.54, 1.807) is 6.33 Å². The molecule has 0 spiro atoms. The lowest BCUT2D eigenvalue weighted by molar-refractivity contribution is 0.667. The average Bonchev–Trinajstić information content (AvgIpc) is 3.12. The number of pyridine rings is 1.